The molecule has 0 bridgehead atoms. The second kappa shape index (κ2) is 5.26. The Balaban J connectivity index is 2.53. The molecule has 1 aromatic rings. The van der Waals surface area contributed by atoms with Crippen LogP contribution in [0, 0.1) is 10.1 Å². The minimum atomic E-state index is -0.478. The number of pyridine rings is 1. The van der Waals surface area contributed by atoms with Crippen molar-refractivity contribution < 1.29 is 9.66 Å². The quantitative estimate of drug-likeness (QED) is 0.589. The molecule has 0 saturated carbocycles. The van der Waals surface area contributed by atoms with Crippen molar-refractivity contribution in [1.82, 2.24) is 4.98 Å². The number of aromatic nitrogens is 1. The van der Waals surface area contributed by atoms with Gasteiger partial charge < -0.3 is 10.1 Å². The van der Waals surface area contributed by atoms with Gasteiger partial charge in [-0.3, -0.25) is 10.1 Å². The number of nitrogens with zero attached hydrogens (tertiary/aromatic N) is 2. The van der Waals surface area contributed by atoms with E-state index in [1.54, 1.807) is 13.2 Å². The van der Waals surface area contributed by atoms with Crippen molar-refractivity contribution in [2.75, 3.05) is 19.0 Å². The van der Waals surface area contributed by atoms with Crippen molar-refractivity contribution in [2.45, 2.75) is 13.0 Å². The molecular weight excluding hydrogens is 198 g/mol. The average molecular weight is 211 g/mol. The molecule has 6 nitrogen and oxygen atoms in total. The van der Waals surface area contributed by atoms with Gasteiger partial charge in [-0.2, -0.15) is 0 Å². The normalized spacial score (nSPS) is 12.1. The third-order valence-electron chi connectivity index (χ3n) is 1.93. The lowest BCUT2D eigenvalue weighted by Crippen LogP contribution is -2.18. The van der Waals surface area contributed by atoms with Gasteiger partial charge in [0.15, 0.2) is 0 Å². The zero-order chi connectivity index (χ0) is 11.3. The maximum Gasteiger partial charge on any atom is 0.287 e. The summed E-state index contributed by atoms with van der Waals surface area (Å²) in [6.07, 6.45) is 1.29. The monoisotopic (exact) mass is 211 g/mol. The third kappa shape index (κ3) is 3.51. The fraction of sp³-hybridized carbons (Fsp3) is 0.444. The zero-order valence-corrected chi connectivity index (χ0v) is 8.64. The number of hydrogen-bond donors (Lipinski definition) is 1. The molecule has 82 valence electrons. The van der Waals surface area contributed by atoms with Crippen LogP contribution in [0.5, 0.6) is 0 Å². The molecule has 0 radical (unpaired) electrons. The minimum absolute atomic E-state index is 0.0136. The van der Waals surface area contributed by atoms with Gasteiger partial charge in [0.05, 0.1) is 11.0 Å². The van der Waals surface area contributed by atoms with Crippen LogP contribution >= 0.6 is 0 Å². The molecule has 1 unspecified atom stereocenters. The topological polar surface area (TPSA) is 77.3 Å². The van der Waals surface area contributed by atoms with Crippen molar-refractivity contribution in [2.24, 2.45) is 0 Å². The summed E-state index contributed by atoms with van der Waals surface area (Å²) >= 11 is 0. The molecule has 0 aliphatic rings. The predicted molar refractivity (Wildman–Crippen MR) is 55.9 cm³/mol. The maximum absolute atomic E-state index is 10.3. The van der Waals surface area contributed by atoms with Crippen LogP contribution in [0.1, 0.15) is 6.92 Å². The molecule has 1 aromatic heterocycles. The Morgan fingerprint density at radius 2 is 2.40 bits per heavy atom. The summed E-state index contributed by atoms with van der Waals surface area (Å²) in [5.74, 6) is 0.601. The summed E-state index contributed by atoms with van der Waals surface area (Å²) in [4.78, 5) is 13.8. The van der Waals surface area contributed by atoms with Gasteiger partial charge in [0.1, 0.15) is 12.0 Å². The Hall–Kier alpha value is -1.69. The molecular formula is C9H13N3O3. The lowest BCUT2D eigenvalue weighted by Gasteiger charge is -2.10. The SMILES string of the molecule is COC(C)CNc1ccc([N+](=O)[O-])cn1. The molecule has 0 amide bonds. The van der Waals surface area contributed by atoms with Crippen molar-refractivity contribution in [1.29, 1.82) is 0 Å². The van der Waals surface area contributed by atoms with Crippen molar-refractivity contribution >= 4 is 11.5 Å². The van der Waals surface area contributed by atoms with Crippen LogP contribution < -0.4 is 5.32 Å². The number of nitrogens with one attached hydrogen (secondary N) is 1. The van der Waals surface area contributed by atoms with Crippen LogP contribution in [0.25, 0.3) is 0 Å². The van der Waals surface area contributed by atoms with Crippen molar-refractivity contribution in [3.05, 3.63) is 28.4 Å². The standard InChI is InChI=1S/C9H13N3O3/c1-7(15-2)5-10-9-4-3-8(6-11-9)12(13)14/h3-4,6-7H,5H2,1-2H3,(H,10,11). The van der Waals surface area contributed by atoms with Crippen LogP contribution in [0.15, 0.2) is 18.3 Å². The summed E-state index contributed by atoms with van der Waals surface area (Å²) in [6, 6.07) is 2.98. The fourth-order valence-corrected chi connectivity index (χ4v) is 0.930. The van der Waals surface area contributed by atoms with Gasteiger partial charge >= 0.3 is 0 Å². The van der Waals surface area contributed by atoms with E-state index in [9.17, 15) is 10.1 Å². The van der Waals surface area contributed by atoms with Crippen molar-refractivity contribution in [3.8, 4) is 0 Å². The Bertz CT molecular complexity index is 326. The Kier molecular flexibility index (Phi) is 3.99. The first-order chi connectivity index (χ1) is 7.13. The second-order valence-corrected chi connectivity index (χ2v) is 3.09. The molecule has 1 N–H and O–H groups in total. The molecule has 1 rings (SSSR count). The van der Waals surface area contributed by atoms with E-state index < -0.39 is 4.92 Å². The van der Waals surface area contributed by atoms with Crippen LogP contribution in [0.3, 0.4) is 0 Å². The first-order valence-corrected chi connectivity index (χ1v) is 4.50. The van der Waals surface area contributed by atoms with E-state index >= 15 is 0 Å². The van der Waals surface area contributed by atoms with E-state index in [0.29, 0.717) is 12.4 Å². The van der Waals surface area contributed by atoms with Gasteiger partial charge in [-0.25, -0.2) is 4.98 Å². The van der Waals surface area contributed by atoms with Gasteiger partial charge in [-0.05, 0) is 13.0 Å². The Morgan fingerprint density at radius 3 is 2.87 bits per heavy atom. The van der Waals surface area contributed by atoms with E-state index in [1.165, 1.54) is 12.3 Å². The minimum Gasteiger partial charge on any atom is -0.380 e. The predicted octanol–water partition coefficient (Wildman–Crippen LogP) is 1.44. The highest BCUT2D eigenvalue weighted by molar-refractivity contribution is 5.40. The number of nitro groups is 1. The smallest absolute Gasteiger partial charge is 0.287 e. The second-order valence-electron chi connectivity index (χ2n) is 3.09. The highest BCUT2D eigenvalue weighted by Gasteiger charge is 2.05. The van der Waals surface area contributed by atoms with Gasteiger partial charge in [-0.1, -0.05) is 0 Å². The molecule has 6 heteroatoms. The molecule has 0 saturated heterocycles. The summed E-state index contributed by atoms with van der Waals surface area (Å²) in [7, 11) is 1.62. The van der Waals surface area contributed by atoms with E-state index in [0.717, 1.165) is 0 Å². The lowest BCUT2D eigenvalue weighted by molar-refractivity contribution is -0.385. The summed E-state index contributed by atoms with van der Waals surface area (Å²) in [5, 5.41) is 13.4. The summed E-state index contributed by atoms with van der Waals surface area (Å²) in [6.45, 7) is 2.53. The maximum atomic E-state index is 10.3. The molecule has 0 aliphatic heterocycles. The van der Waals surface area contributed by atoms with E-state index in [-0.39, 0.29) is 11.8 Å². The van der Waals surface area contributed by atoms with E-state index in [1.807, 2.05) is 6.92 Å². The number of methoxy groups -OCH3 is 1. The van der Waals surface area contributed by atoms with Gasteiger partial charge in [-0.15, -0.1) is 0 Å². The molecule has 0 fully saturated rings. The molecule has 0 aliphatic carbocycles. The fourth-order valence-electron chi connectivity index (χ4n) is 0.930. The van der Waals surface area contributed by atoms with Gasteiger partial charge in [0, 0.05) is 19.7 Å². The summed E-state index contributed by atoms with van der Waals surface area (Å²) in [5.41, 5.74) is -0.0136. The molecule has 0 spiro atoms. The summed E-state index contributed by atoms with van der Waals surface area (Å²) < 4.78 is 5.04. The molecule has 0 aromatic carbocycles. The number of rotatable bonds is 5. The number of anilines is 1. The van der Waals surface area contributed by atoms with Crippen LogP contribution in [0.4, 0.5) is 11.5 Å². The van der Waals surface area contributed by atoms with Gasteiger partial charge in [0.25, 0.3) is 5.69 Å². The van der Waals surface area contributed by atoms with Crippen LogP contribution in [-0.2, 0) is 4.74 Å². The van der Waals surface area contributed by atoms with Crippen LogP contribution in [-0.4, -0.2) is 29.7 Å². The highest BCUT2D eigenvalue weighted by Crippen LogP contribution is 2.11. The first kappa shape index (κ1) is 11.4. The third-order valence-corrected chi connectivity index (χ3v) is 1.93. The van der Waals surface area contributed by atoms with Crippen molar-refractivity contribution in [3.63, 3.8) is 0 Å². The first-order valence-electron chi connectivity index (χ1n) is 4.50. The molecule has 1 atom stereocenters. The average Bonchev–Trinajstić information content (AvgIpc) is 2.26. The van der Waals surface area contributed by atoms with Gasteiger partial charge in [0.2, 0.25) is 0 Å². The number of ether oxygens (including phenoxy) is 1. The highest BCUT2D eigenvalue weighted by atomic mass is 16.6. The van der Waals surface area contributed by atoms with E-state index in [2.05, 4.69) is 10.3 Å². The zero-order valence-electron chi connectivity index (χ0n) is 8.64. The Labute approximate surface area is 87.4 Å². The van der Waals surface area contributed by atoms with E-state index in [4.69, 9.17) is 4.74 Å². The Morgan fingerprint density at radius 1 is 1.67 bits per heavy atom. The molecule has 15 heavy (non-hydrogen) atoms. The van der Waals surface area contributed by atoms with Crippen LogP contribution in [0.2, 0.25) is 0 Å². The lowest BCUT2D eigenvalue weighted by atomic mass is 10.3. The molecule has 1 heterocycles. The number of hydrogen-bond acceptors (Lipinski definition) is 5. The largest absolute Gasteiger partial charge is 0.380 e.